The predicted molar refractivity (Wildman–Crippen MR) is 59.3 cm³/mol. The maximum Gasteiger partial charge on any atom is 0.0603 e. The molecule has 0 aliphatic heterocycles. The number of aliphatic hydroxyl groups excluding tert-OH is 1. The zero-order valence-electron chi connectivity index (χ0n) is 9.93. The summed E-state index contributed by atoms with van der Waals surface area (Å²) in [4.78, 5) is 0. The lowest BCUT2D eigenvalue weighted by atomic mass is 9.89. The molecule has 0 aliphatic rings. The molecule has 0 aromatic carbocycles. The highest BCUT2D eigenvalue weighted by Crippen LogP contribution is 2.18. The van der Waals surface area contributed by atoms with Crippen LogP contribution in [0.5, 0.6) is 0 Å². The Morgan fingerprint density at radius 3 is 2.07 bits per heavy atom. The van der Waals surface area contributed by atoms with Crippen LogP contribution < -0.4 is 5.32 Å². The molecule has 0 saturated heterocycles. The Labute approximate surface area is 87.5 Å². The van der Waals surface area contributed by atoms with E-state index in [0.717, 1.165) is 25.9 Å². The maximum absolute atomic E-state index is 9.47. The van der Waals surface area contributed by atoms with Crippen LogP contribution in [0.15, 0.2) is 0 Å². The first-order valence-corrected chi connectivity index (χ1v) is 5.31. The van der Waals surface area contributed by atoms with Crippen molar-refractivity contribution in [1.29, 1.82) is 0 Å². The van der Waals surface area contributed by atoms with E-state index in [1.165, 1.54) is 0 Å². The monoisotopic (exact) mass is 203 g/mol. The molecule has 14 heavy (non-hydrogen) atoms. The van der Waals surface area contributed by atoms with Crippen LogP contribution in [0.4, 0.5) is 0 Å². The molecule has 0 unspecified atom stereocenters. The summed E-state index contributed by atoms with van der Waals surface area (Å²) >= 11 is 0. The molecule has 86 valence electrons. The van der Waals surface area contributed by atoms with E-state index in [1.54, 1.807) is 0 Å². The SMILES string of the molecule is CC(C)(O)CCNCC(C)(C)CCO. The Morgan fingerprint density at radius 1 is 1.07 bits per heavy atom. The normalized spacial score (nSPS) is 13.3. The molecule has 0 rings (SSSR count). The first kappa shape index (κ1) is 13.9. The Bertz CT molecular complexity index is 150. The van der Waals surface area contributed by atoms with E-state index in [0.29, 0.717) is 0 Å². The number of nitrogens with one attached hydrogen (secondary N) is 1. The fourth-order valence-electron chi connectivity index (χ4n) is 1.21. The van der Waals surface area contributed by atoms with Gasteiger partial charge in [0.05, 0.1) is 5.60 Å². The van der Waals surface area contributed by atoms with Gasteiger partial charge < -0.3 is 15.5 Å². The summed E-state index contributed by atoms with van der Waals surface area (Å²) in [6.45, 7) is 9.81. The first-order valence-electron chi connectivity index (χ1n) is 5.31. The number of hydrogen-bond acceptors (Lipinski definition) is 3. The molecule has 3 N–H and O–H groups in total. The van der Waals surface area contributed by atoms with Crippen molar-refractivity contribution < 1.29 is 10.2 Å². The Balaban J connectivity index is 3.54. The van der Waals surface area contributed by atoms with Crippen molar-refractivity contribution in [2.75, 3.05) is 19.7 Å². The van der Waals surface area contributed by atoms with Crippen molar-refractivity contribution in [2.45, 2.75) is 46.1 Å². The van der Waals surface area contributed by atoms with Crippen molar-refractivity contribution in [3.8, 4) is 0 Å². The molecule has 3 nitrogen and oxygen atoms in total. The summed E-state index contributed by atoms with van der Waals surface area (Å²) in [5.74, 6) is 0. The Kier molecular flexibility index (Phi) is 5.64. The highest BCUT2D eigenvalue weighted by atomic mass is 16.3. The zero-order chi connectivity index (χ0) is 11.2. The van der Waals surface area contributed by atoms with Gasteiger partial charge in [-0.1, -0.05) is 13.8 Å². The molecule has 0 aromatic rings. The lowest BCUT2D eigenvalue weighted by Crippen LogP contribution is -2.33. The highest BCUT2D eigenvalue weighted by molar-refractivity contribution is 4.73. The minimum Gasteiger partial charge on any atom is -0.396 e. The van der Waals surface area contributed by atoms with E-state index in [1.807, 2.05) is 13.8 Å². The van der Waals surface area contributed by atoms with Crippen LogP contribution in [0.1, 0.15) is 40.5 Å². The van der Waals surface area contributed by atoms with Crippen LogP contribution in [0.2, 0.25) is 0 Å². The topological polar surface area (TPSA) is 52.5 Å². The van der Waals surface area contributed by atoms with Crippen LogP contribution in [0.3, 0.4) is 0 Å². The van der Waals surface area contributed by atoms with Gasteiger partial charge in [0, 0.05) is 13.2 Å². The molecule has 0 spiro atoms. The third-order valence-corrected chi connectivity index (χ3v) is 2.31. The van der Waals surface area contributed by atoms with Gasteiger partial charge in [0.15, 0.2) is 0 Å². The summed E-state index contributed by atoms with van der Waals surface area (Å²) in [5.41, 5.74) is -0.456. The highest BCUT2D eigenvalue weighted by Gasteiger charge is 2.17. The Hall–Kier alpha value is -0.120. The van der Waals surface area contributed by atoms with Gasteiger partial charge in [-0.3, -0.25) is 0 Å². The number of rotatable bonds is 7. The van der Waals surface area contributed by atoms with Crippen LogP contribution in [-0.4, -0.2) is 35.5 Å². The average Bonchev–Trinajstić information content (AvgIpc) is 1.96. The molecule has 0 aromatic heterocycles. The first-order chi connectivity index (χ1) is 6.27. The molecule has 0 aliphatic carbocycles. The van der Waals surface area contributed by atoms with Gasteiger partial charge in [-0.15, -0.1) is 0 Å². The van der Waals surface area contributed by atoms with Gasteiger partial charge in [0.1, 0.15) is 0 Å². The van der Waals surface area contributed by atoms with Crippen molar-refractivity contribution >= 4 is 0 Å². The molecule has 0 fully saturated rings. The van der Waals surface area contributed by atoms with Crippen LogP contribution >= 0.6 is 0 Å². The van der Waals surface area contributed by atoms with E-state index in [9.17, 15) is 5.11 Å². The second-order valence-electron chi connectivity index (χ2n) is 5.38. The maximum atomic E-state index is 9.47. The van der Waals surface area contributed by atoms with Crippen LogP contribution in [-0.2, 0) is 0 Å². The second-order valence-corrected chi connectivity index (χ2v) is 5.38. The molecule has 0 heterocycles. The fourth-order valence-corrected chi connectivity index (χ4v) is 1.21. The van der Waals surface area contributed by atoms with Gasteiger partial charge in [-0.25, -0.2) is 0 Å². The molecule has 0 atom stereocenters. The van der Waals surface area contributed by atoms with Crippen LogP contribution in [0.25, 0.3) is 0 Å². The van der Waals surface area contributed by atoms with Gasteiger partial charge in [0.2, 0.25) is 0 Å². The predicted octanol–water partition coefficient (Wildman–Crippen LogP) is 1.15. The largest absolute Gasteiger partial charge is 0.396 e. The van der Waals surface area contributed by atoms with Gasteiger partial charge in [-0.05, 0) is 38.6 Å². The number of hydrogen-bond donors (Lipinski definition) is 3. The second kappa shape index (κ2) is 5.69. The quantitative estimate of drug-likeness (QED) is 0.544. The van der Waals surface area contributed by atoms with E-state index in [-0.39, 0.29) is 12.0 Å². The standard InChI is InChI=1S/C11H25NO2/c1-10(2,6-8-13)9-12-7-5-11(3,4)14/h12-14H,5-9H2,1-4H3. The van der Waals surface area contributed by atoms with Gasteiger partial charge >= 0.3 is 0 Å². The van der Waals surface area contributed by atoms with Crippen LogP contribution in [0, 0.1) is 5.41 Å². The van der Waals surface area contributed by atoms with Gasteiger partial charge in [0.25, 0.3) is 0 Å². The van der Waals surface area contributed by atoms with Crippen molar-refractivity contribution in [1.82, 2.24) is 5.32 Å². The summed E-state index contributed by atoms with van der Waals surface area (Å²) in [7, 11) is 0. The molecule has 0 bridgehead atoms. The van der Waals surface area contributed by atoms with E-state index < -0.39 is 5.60 Å². The molecule has 0 amide bonds. The lowest BCUT2D eigenvalue weighted by molar-refractivity contribution is 0.0700. The minimum atomic E-state index is -0.589. The summed E-state index contributed by atoms with van der Waals surface area (Å²) in [6.07, 6.45) is 1.56. The summed E-state index contributed by atoms with van der Waals surface area (Å²) < 4.78 is 0. The van der Waals surface area contributed by atoms with Crippen molar-refractivity contribution in [2.24, 2.45) is 5.41 Å². The third kappa shape index (κ3) is 8.48. The molecular formula is C11H25NO2. The molecule has 0 radical (unpaired) electrons. The minimum absolute atomic E-state index is 0.133. The average molecular weight is 203 g/mol. The molecular weight excluding hydrogens is 178 g/mol. The smallest absolute Gasteiger partial charge is 0.0603 e. The fraction of sp³-hybridized carbons (Fsp3) is 1.00. The third-order valence-electron chi connectivity index (χ3n) is 2.31. The van der Waals surface area contributed by atoms with E-state index in [2.05, 4.69) is 19.2 Å². The lowest BCUT2D eigenvalue weighted by Gasteiger charge is -2.25. The summed E-state index contributed by atoms with van der Waals surface area (Å²) in [6, 6.07) is 0. The van der Waals surface area contributed by atoms with E-state index in [4.69, 9.17) is 5.11 Å². The van der Waals surface area contributed by atoms with Gasteiger partial charge in [-0.2, -0.15) is 0 Å². The Morgan fingerprint density at radius 2 is 1.64 bits per heavy atom. The van der Waals surface area contributed by atoms with E-state index >= 15 is 0 Å². The molecule has 0 saturated carbocycles. The zero-order valence-corrected chi connectivity index (χ0v) is 9.93. The molecule has 3 heteroatoms. The summed E-state index contributed by atoms with van der Waals surface area (Å²) in [5, 5.41) is 21.6. The van der Waals surface area contributed by atoms with Crippen molar-refractivity contribution in [3.63, 3.8) is 0 Å². The number of aliphatic hydroxyl groups is 2. The van der Waals surface area contributed by atoms with Crippen molar-refractivity contribution in [3.05, 3.63) is 0 Å².